The number of hydrogen-bond acceptors (Lipinski definition) is 9. The van der Waals surface area contributed by atoms with E-state index < -0.39 is 8.53 Å². The van der Waals surface area contributed by atoms with Crippen molar-refractivity contribution in [2.24, 2.45) is 10.8 Å². The zero-order valence-electron chi connectivity index (χ0n) is 33.8. The summed E-state index contributed by atoms with van der Waals surface area (Å²) in [5, 5.41) is 22.9. The van der Waals surface area contributed by atoms with Crippen molar-refractivity contribution in [3.8, 4) is 6.07 Å². The van der Waals surface area contributed by atoms with Gasteiger partial charge in [-0.2, -0.15) is 14.2 Å². The van der Waals surface area contributed by atoms with Crippen LogP contribution in [0.5, 0.6) is 0 Å². The Bertz CT molecular complexity index is 1690. The van der Waals surface area contributed by atoms with Crippen LogP contribution in [-0.2, 0) is 31.3 Å². The standard InChI is InChI=1S/C43H61N4O5PS/c1-10-45-39-25-24-37(54-52-51-48)30-36(39)32-43(8,9)40(45)22-13-11-14-23-41-42(6,7)31-35-20-15-16-21-38(35)46(41)27-17-12-18-28-49-53(50-29-19-26-44)47(33(2)3)34(4)5/h11,13-16,20-25,30,33-34H,10,12,17-19,27-29,31-32H2,1-9H3. The molecule has 9 nitrogen and oxygen atoms in total. The molecule has 2 heterocycles. The Morgan fingerprint density at radius 1 is 0.944 bits per heavy atom. The molecule has 0 spiro atoms. The van der Waals surface area contributed by atoms with Crippen LogP contribution in [-0.4, -0.2) is 53.3 Å². The number of hydrogen-bond donors (Lipinski definition) is 0. The summed E-state index contributed by atoms with van der Waals surface area (Å²) < 4.78 is 21.8. The molecule has 0 N–H and O–H groups in total. The SMILES string of the molecule is CCN1C(=CC=CC=CC2=[N+](CCCCCOP(OCCC#N)N(C(C)C)C(C)C)c3ccccc3CC2(C)C)C(C)(C)Cc2cc(SOO[O-])ccc21. The van der Waals surface area contributed by atoms with E-state index in [-0.39, 0.29) is 10.8 Å². The second-order valence-electron chi connectivity index (χ2n) is 15.8. The molecule has 0 saturated heterocycles. The summed E-state index contributed by atoms with van der Waals surface area (Å²) in [6, 6.07) is 17.7. The molecule has 0 amide bonds. The van der Waals surface area contributed by atoms with Gasteiger partial charge in [0.15, 0.2) is 5.71 Å². The van der Waals surface area contributed by atoms with Crippen LogP contribution in [0, 0.1) is 22.2 Å². The van der Waals surface area contributed by atoms with Crippen LogP contribution < -0.4 is 10.2 Å². The van der Waals surface area contributed by atoms with Crippen molar-refractivity contribution in [1.82, 2.24) is 4.67 Å². The highest BCUT2D eigenvalue weighted by molar-refractivity contribution is 7.94. The monoisotopic (exact) mass is 776 g/mol. The van der Waals surface area contributed by atoms with Gasteiger partial charge in [0.1, 0.15) is 6.54 Å². The number of nitriles is 1. The number of unbranched alkanes of at least 4 members (excludes halogenated alkanes) is 2. The van der Waals surface area contributed by atoms with E-state index in [1.54, 1.807) is 0 Å². The highest BCUT2D eigenvalue weighted by Gasteiger charge is 2.39. The fourth-order valence-electron chi connectivity index (χ4n) is 7.69. The lowest BCUT2D eigenvalue weighted by Crippen LogP contribution is -2.38. The van der Waals surface area contributed by atoms with Crippen LogP contribution in [0.1, 0.15) is 99.1 Å². The zero-order valence-corrected chi connectivity index (χ0v) is 35.6. The Morgan fingerprint density at radius 2 is 1.67 bits per heavy atom. The van der Waals surface area contributed by atoms with Crippen LogP contribution in [0.2, 0.25) is 0 Å². The Labute approximate surface area is 330 Å². The topological polar surface area (TPSA) is 93.3 Å². The zero-order chi connectivity index (χ0) is 39.3. The minimum Gasteiger partial charge on any atom is -0.691 e. The Morgan fingerprint density at radius 3 is 2.37 bits per heavy atom. The number of anilines is 1. The molecule has 54 heavy (non-hydrogen) atoms. The van der Waals surface area contributed by atoms with E-state index in [9.17, 15) is 5.26 Å². The summed E-state index contributed by atoms with van der Waals surface area (Å²) >= 11 is 0.933. The molecule has 0 aromatic heterocycles. The van der Waals surface area contributed by atoms with Crippen molar-refractivity contribution >= 4 is 37.7 Å². The fraction of sp³-hybridized carbons (Fsp3) is 0.535. The molecule has 0 aliphatic carbocycles. The third kappa shape index (κ3) is 11.6. The van der Waals surface area contributed by atoms with Gasteiger partial charge in [0.25, 0.3) is 8.53 Å². The van der Waals surface area contributed by atoms with Gasteiger partial charge >= 0.3 is 0 Å². The molecule has 0 bridgehead atoms. The van der Waals surface area contributed by atoms with E-state index in [2.05, 4.69) is 159 Å². The third-order valence-corrected chi connectivity index (χ3v) is 12.6. The number of para-hydroxylation sites is 1. The number of rotatable bonds is 20. The molecule has 2 aliphatic rings. The van der Waals surface area contributed by atoms with Crippen LogP contribution >= 0.6 is 20.6 Å². The van der Waals surface area contributed by atoms with E-state index in [1.165, 1.54) is 33.9 Å². The van der Waals surface area contributed by atoms with Gasteiger partial charge in [-0.15, -0.1) is 0 Å². The highest BCUT2D eigenvalue weighted by Crippen LogP contribution is 2.47. The smallest absolute Gasteiger partial charge is 0.259 e. The molecule has 294 valence electrons. The van der Waals surface area contributed by atoms with Crippen LogP contribution in [0.3, 0.4) is 0 Å². The van der Waals surface area contributed by atoms with Gasteiger partial charge < -0.3 is 19.2 Å². The van der Waals surface area contributed by atoms with Gasteiger partial charge in [-0.25, -0.2) is 4.67 Å². The Hall–Kier alpha value is -2.84. The minimum atomic E-state index is -1.21. The summed E-state index contributed by atoms with van der Waals surface area (Å²) in [7, 11) is -1.21. The molecule has 11 heteroatoms. The lowest BCUT2D eigenvalue weighted by atomic mass is 9.77. The summed E-state index contributed by atoms with van der Waals surface area (Å²) in [6.07, 6.45) is 16.3. The molecule has 1 atom stereocenters. The van der Waals surface area contributed by atoms with Crippen LogP contribution in [0.4, 0.5) is 11.4 Å². The maximum absolute atomic E-state index is 10.3. The molecule has 2 aromatic rings. The van der Waals surface area contributed by atoms with Gasteiger partial charge in [-0.05, 0) is 104 Å². The first-order valence-electron chi connectivity index (χ1n) is 19.4. The van der Waals surface area contributed by atoms with Crippen molar-refractivity contribution in [2.75, 3.05) is 31.2 Å². The predicted octanol–water partition coefficient (Wildman–Crippen LogP) is 10.2. The van der Waals surface area contributed by atoms with Crippen molar-refractivity contribution < 1.29 is 28.3 Å². The maximum Gasteiger partial charge on any atom is 0.259 e. The lowest BCUT2D eigenvalue weighted by molar-refractivity contribution is -0.777. The average Bonchev–Trinajstić information content (AvgIpc) is 3.11. The number of allylic oxidation sites excluding steroid dienone is 6. The van der Waals surface area contributed by atoms with Gasteiger partial charge in [0.05, 0.1) is 43.2 Å². The highest BCUT2D eigenvalue weighted by atomic mass is 32.2. The number of fused-ring (bicyclic) bond motifs is 2. The predicted molar refractivity (Wildman–Crippen MR) is 220 cm³/mol. The first kappa shape index (κ1) is 43.9. The quantitative estimate of drug-likeness (QED) is 0.0248. The molecule has 0 radical (unpaired) electrons. The summed E-state index contributed by atoms with van der Waals surface area (Å²) in [5.41, 5.74) is 7.58. The van der Waals surface area contributed by atoms with Gasteiger partial charge in [0, 0.05) is 64.4 Å². The van der Waals surface area contributed by atoms with Crippen LogP contribution in [0.25, 0.3) is 0 Å². The third-order valence-electron chi connectivity index (χ3n) is 9.95. The van der Waals surface area contributed by atoms with Crippen molar-refractivity contribution in [3.05, 3.63) is 89.7 Å². The molecule has 0 fully saturated rings. The molecule has 4 rings (SSSR count). The van der Waals surface area contributed by atoms with Crippen molar-refractivity contribution in [1.29, 1.82) is 5.26 Å². The summed E-state index contributed by atoms with van der Waals surface area (Å²) in [4.78, 5) is 3.22. The Kier molecular flexibility index (Phi) is 17.0. The Balaban J connectivity index is 1.48. The van der Waals surface area contributed by atoms with Gasteiger partial charge in [0.2, 0.25) is 5.69 Å². The van der Waals surface area contributed by atoms with E-state index in [4.69, 9.17) is 14.3 Å². The largest absolute Gasteiger partial charge is 0.691 e. The van der Waals surface area contributed by atoms with Crippen molar-refractivity contribution in [3.63, 3.8) is 0 Å². The molecule has 0 saturated carbocycles. The summed E-state index contributed by atoms with van der Waals surface area (Å²) in [6.45, 7) is 22.9. The van der Waals surface area contributed by atoms with Gasteiger partial charge in [-0.3, -0.25) is 5.04 Å². The second kappa shape index (κ2) is 20.9. The van der Waals surface area contributed by atoms with E-state index >= 15 is 0 Å². The molecule has 1 unspecified atom stereocenters. The van der Waals surface area contributed by atoms with E-state index in [1.807, 2.05) is 6.07 Å². The van der Waals surface area contributed by atoms with Crippen molar-refractivity contribution in [2.45, 2.75) is 118 Å². The number of benzene rings is 2. The normalized spacial score (nSPS) is 18.0. The van der Waals surface area contributed by atoms with E-state index in [0.717, 1.165) is 62.1 Å². The average molecular weight is 777 g/mol. The maximum atomic E-state index is 10.3. The lowest BCUT2D eigenvalue weighted by Gasteiger charge is -2.43. The molecule has 2 aliphatic heterocycles. The second-order valence-corrected chi connectivity index (χ2v) is 18.0. The minimum absolute atomic E-state index is 0.0237. The molecular weight excluding hydrogens is 716 g/mol. The first-order chi connectivity index (χ1) is 25.8. The van der Waals surface area contributed by atoms with Crippen LogP contribution in [0.15, 0.2) is 83.4 Å². The molecular formula is C43H61N4O5PS. The summed E-state index contributed by atoms with van der Waals surface area (Å²) in [5.74, 6) is 0. The van der Waals surface area contributed by atoms with E-state index in [0.29, 0.717) is 31.7 Å². The fourth-order valence-corrected chi connectivity index (χ4v) is 9.74. The first-order valence-corrected chi connectivity index (χ1v) is 21.2. The van der Waals surface area contributed by atoms with Gasteiger partial charge in [-0.1, -0.05) is 50.3 Å². The number of nitrogens with zero attached hydrogens (tertiary/aromatic N) is 4. The molecule has 2 aromatic carbocycles.